The van der Waals surface area contributed by atoms with Gasteiger partial charge >= 0.3 is 6.36 Å². The van der Waals surface area contributed by atoms with Crippen molar-refractivity contribution in [2.24, 2.45) is 0 Å². The Morgan fingerprint density at radius 2 is 1.56 bits per heavy atom. The van der Waals surface area contributed by atoms with E-state index in [1.807, 2.05) is 48.5 Å². The summed E-state index contributed by atoms with van der Waals surface area (Å²) in [5, 5.41) is 3.83. The predicted octanol–water partition coefficient (Wildman–Crippen LogP) is 7.01. The molecule has 0 fully saturated rings. The molecule has 6 nitrogen and oxygen atoms in total. The van der Waals surface area contributed by atoms with Crippen LogP contribution in [0, 0.1) is 0 Å². The molecule has 0 saturated heterocycles. The SMILES string of the molecule is COc1cccc(-c2ccc3nc(-c4cccnc4)nc(Nc4cccc(OC(F)(F)F)c4)c3c2)c1. The second kappa shape index (κ2) is 9.53. The number of aromatic nitrogens is 3. The lowest BCUT2D eigenvalue weighted by molar-refractivity contribution is -0.274. The van der Waals surface area contributed by atoms with Crippen LogP contribution in [0.15, 0.2) is 91.3 Å². The van der Waals surface area contributed by atoms with Crippen LogP contribution in [-0.4, -0.2) is 28.4 Å². The van der Waals surface area contributed by atoms with Crippen molar-refractivity contribution in [2.75, 3.05) is 12.4 Å². The molecule has 2 aromatic heterocycles. The van der Waals surface area contributed by atoms with Gasteiger partial charge in [-0.1, -0.05) is 24.3 Å². The van der Waals surface area contributed by atoms with Crippen LogP contribution in [0.2, 0.25) is 0 Å². The number of anilines is 2. The summed E-state index contributed by atoms with van der Waals surface area (Å²) in [6.07, 6.45) is -1.50. The van der Waals surface area contributed by atoms with Crippen molar-refractivity contribution in [3.8, 4) is 34.0 Å². The van der Waals surface area contributed by atoms with Gasteiger partial charge in [0, 0.05) is 35.1 Å². The van der Waals surface area contributed by atoms with Crippen LogP contribution in [0.3, 0.4) is 0 Å². The number of nitrogens with zero attached hydrogens (tertiary/aromatic N) is 3. The van der Waals surface area contributed by atoms with Gasteiger partial charge in [-0.3, -0.25) is 4.98 Å². The summed E-state index contributed by atoms with van der Waals surface area (Å²) in [7, 11) is 1.60. The standard InChI is InChI=1S/C27H19F3N4O2/c1-35-21-8-2-5-17(13-21)18-10-11-24-23(14-18)26(34-25(33-24)19-6-4-12-31-16-19)32-20-7-3-9-22(15-20)36-27(28,29)30/h2-16H,1H3,(H,32,33,34). The number of nitrogens with one attached hydrogen (secondary N) is 1. The summed E-state index contributed by atoms with van der Waals surface area (Å²) in [6, 6.07) is 22.6. The van der Waals surface area contributed by atoms with E-state index < -0.39 is 6.36 Å². The summed E-state index contributed by atoms with van der Waals surface area (Å²) < 4.78 is 47.6. The number of hydrogen-bond acceptors (Lipinski definition) is 6. The molecule has 1 N–H and O–H groups in total. The zero-order valence-corrected chi connectivity index (χ0v) is 19.0. The number of rotatable bonds is 6. The van der Waals surface area contributed by atoms with E-state index in [1.54, 1.807) is 31.6 Å². The molecule has 0 saturated carbocycles. The van der Waals surface area contributed by atoms with Gasteiger partial charge in [-0.25, -0.2) is 9.97 Å². The summed E-state index contributed by atoms with van der Waals surface area (Å²) in [5.41, 5.74) is 3.56. The highest BCUT2D eigenvalue weighted by atomic mass is 19.4. The Kier molecular flexibility index (Phi) is 6.12. The lowest BCUT2D eigenvalue weighted by Gasteiger charge is -2.14. The first-order chi connectivity index (χ1) is 17.4. The highest BCUT2D eigenvalue weighted by Gasteiger charge is 2.31. The van der Waals surface area contributed by atoms with Gasteiger partial charge < -0.3 is 14.8 Å². The number of ether oxygens (including phenoxy) is 2. The summed E-state index contributed by atoms with van der Waals surface area (Å²) in [6.45, 7) is 0. The molecular formula is C27H19F3N4O2. The van der Waals surface area contributed by atoms with E-state index in [4.69, 9.17) is 9.72 Å². The minimum Gasteiger partial charge on any atom is -0.497 e. The number of halogens is 3. The maximum atomic E-state index is 12.7. The molecule has 0 spiro atoms. The molecule has 0 aliphatic heterocycles. The second-order valence-corrected chi connectivity index (χ2v) is 7.80. The van der Waals surface area contributed by atoms with Gasteiger partial charge in [0.15, 0.2) is 5.82 Å². The second-order valence-electron chi connectivity index (χ2n) is 7.80. The van der Waals surface area contributed by atoms with E-state index in [0.29, 0.717) is 33.8 Å². The van der Waals surface area contributed by atoms with Crippen molar-refractivity contribution in [2.45, 2.75) is 6.36 Å². The Morgan fingerprint density at radius 3 is 2.33 bits per heavy atom. The third-order valence-electron chi connectivity index (χ3n) is 5.35. The maximum Gasteiger partial charge on any atom is 0.573 e. The Hall–Kier alpha value is -4.66. The molecule has 9 heteroatoms. The monoisotopic (exact) mass is 488 g/mol. The van der Waals surface area contributed by atoms with Gasteiger partial charge in [-0.15, -0.1) is 13.2 Å². The molecule has 2 heterocycles. The van der Waals surface area contributed by atoms with Crippen LogP contribution in [0.5, 0.6) is 11.5 Å². The third-order valence-corrected chi connectivity index (χ3v) is 5.35. The molecule has 5 aromatic rings. The van der Waals surface area contributed by atoms with Crippen molar-refractivity contribution >= 4 is 22.4 Å². The first kappa shape index (κ1) is 23.1. The van der Waals surface area contributed by atoms with E-state index in [1.165, 1.54) is 18.2 Å². The fraction of sp³-hybridized carbons (Fsp3) is 0.0741. The van der Waals surface area contributed by atoms with Gasteiger partial charge in [-0.05, 0) is 59.7 Å². The number of hydrogen-bond donors (Lipinski definition) is 1. The van der Waals surface area contributed by atoms with Crippen LogP contribution in [0.25, 0.3) is 33.4 Å². The Balaban J connectivity index is 1.62. The summed E-state index contributed by atoms with van der Waals surface area (Å²) >= 11 is 0. The lowest BCUT2D eigenvalue weighted by Crippen LogP contribution is -2.17. The number of benzene rings is 3. The highest BCUT2D eigenvalue weighted by molar-refractivity contribution is 5.95. The van der Waals surface area contributed by atoms with Crippen LogP contribution in [0.4, 0.5) is 24.7 Å². The van der Waals surface area contributed by atoms with Gasteiger partial charge in [0.1, 0.15) is 17.3 Å². The van der Waals surface area contributed by atoms with E-state index in [-0.39, 0.29) is 5.75 Å². The third kappa shape index (κ3) is 5.20. The van der Waals surface area contributed by atoms with Crippen molar-refractivity contribution in [1.29, 1.82) is 0 Å². The summed E-state index contributed by atoms with van der Waals surface area (Å²) in [4.78, 5) is 13.5. The van der Waals surface area contributed by atoms with Gasteiger partial charge in [0.05, 0.1) is 12.6 Å². The molecule has 36 heavy (non-hydrogen) atoms. The fourth-order valence-corrected chi connectivity index (χ4v) is 3.74. The van der Waals surface area contributed by atoms with Gasteiger partial charge in [-0.2, -0.15) is 0 Å². The molecule has 0 bridgehead atoms. The molecular weight excluding hydrogens is 469 g/mol. The minimum atomic E-state index is -4.79. The van der Waals surface area contributed by atoms with Crippen LogP contribution < -0.4 is 14.8 Å². The van der Waals surface area contributed by atoms with Gasteiger partial charge in [0.25, 0.3) is 0 Å². The summed E-state index contributed by atoms with van der Waals surface area (Å²) in [5.74, 6) is 1.23. The lowest BCUT2D eigenvalue weighted by atomic mass is 10.0. The number of pyridine rings is 1. The average molecular weight is 488 g/mol. The zero-order valence-electron chi connectivity index (χ0n) is 19.0. The van der Waals surface area contributed by atoms with E-state index in [0.717, 1.165) is 16.9 Å². The average Bonchev–Trinajstić information content (AvgIpc) is 2.88. The van der Waals surface area contributed by atoms with Crippen molar-refractivity contribution in [3.05, 3.63) is 91.3 Å². The van der Waals surface area contributed by atoms with Crippen LogP contribution in [-0.2, 0) is 0 Å². The topological polar surface area (TPSA) is 69.2 Å². The largest absolute Gasteiger partial charge is 0.573 e. The van der Waals surface area contributed by atoms with Crippen LogP contribution in [0.1, 0.15) is 0 Å². The first-order valence-electron chi connectivity index (χ1n) is 10.9. The van der Waals surface area contributed by atoms with Gasteiger partial charge in [0.2, 0.25) is 0 Å². The van der Waals surface area contributed by atoms with Crippen molar-refractivity contribution < 1.29 is 22.6 Å². The molecule has 3 aromatic carbocycles. The zero-order chi connectivity index (χ0) is 25.1. The molecule has 0 radical (unpaired) electrons. The molecule has 0 atom stereocenters. The molecule has 5 rings (SSSR count). The highest BCUT2D eigenvalue weighted by Crippen LogP contribution is 2.33. The molecule has 0 unspecified atom stereocenters. The normalized spacial score (nSPS) is 11.3. The minimum absolute atomic E-state index is 0.338. The predicted molar refractivity (Wildman–Crippen MR) is 131 cm³/mol. The number of alkyl halides is 3. The maximum absolute atomic E-state index is 12.7. The molecule has 0 aliphatic rings. The Bertz CT molecular complexity index is 1530. The van der Waals surface area contributed by atoms with Crippen molar-refractivity contribution in [3.63, 3.8) is 0 Å². The van der Waals surface area contributed by atoms with Crippen molar-refractivity contribution in [1.82, 2.24) is 15.0 Å². The Labute approximate surface area is 204 Å². The fourth-order valence-electron chi connectivity index (χ4n) is 3.74. The Morgan fingerprint density at radius 1 is 0.778 bits per heavy atom. The molecule has 0 amide bonds. The number of methoxy groups -OCH3 is 1. The number of fused-ring (bicyclic) bond motifs is 1. The smallest absolute Gasteiger partial charge is 0.497 e. The molecule has 0 aliphatic carbocycles. The van der Waals surface area contributed by atoms with E-state index in [9.17, 15) is 13.2 Å². The van der Waals surface area contributed by atoms with Crippen LogP contribution >= 0.6 is 0 Å². The van der Waals surface area contributed by atoms with E-state index in [2.05, 4.69) is 20.0 Å². The van der Waals surface area contributed by atoms with E-state index >= 15 is 0 Å². The molecule has 180 valence electrons. The quantitative estimate of drug-likeness (QED) is 0.277. The first-order valence-corrected chi connectivity index (χ1v) is 10.9.